The maximum atomic E-state index is 12.9. The van der Waals surface area contributed by atoms with Crippen LogP contribution in [0.5, 0.6) is 0 Å². The van der Waals surface area contributed by atoms with Gasteiger partial charge < -0.3 is 5.32 Å². The van der Waals surface area contributed by atoms with Gasteiger partial charge in [-0.05, 0) is 44.0 Å². The molecule has 24 heavy (non-hydrogen) atoms. The van der Waals surface area contributed by atoms with Crippen LogP contribution in [0.25, 0.3) is 0 Å². The maximum Gasteiger partial charge on any atom is 0.249 e. The number of carbonyl (C=O) groups excluding carboxylic acids is 2. The summed E-state index contributed by atoms with van der Waals surface area (Å²) in [6.45, 7) is 3.70. The number of ketones is 1. The lowest BCUT2D eigenvalue weighted by molar-refractivity contribution is -0.117. The molecule has 0 radical (unpaired) electrons. The number of hydrogen-bond acceptors (Lipinski definition) is 5. The topological polar surface area (TPSA) is 82.8 Å². The molecule has 1 aromatic heterocycles. The number of benzene rings is 1. The number of carbonyl (C=O) groups is 2. The van der Waals surface area contributed by atoms with Crippen LogP contribution in [0.1, 0.15) is 33.7 Å². The van der Waals surface area contributed by atoms with Crippen molar-refractivity contribution in [1.82, 2.24) is 4.98 Å². The first-order valence-corrected chi connectivity index (χ1v) is 8.24. The summed E-state index contributed by atoms with van der Waals surface area (Å²) < 4.78 is 12.9. The average molecular weight is 345 g/mol. The molecule has 5 nitrogen and oxygen atoms in total. The van der Waals surface area contributed by atoms with Crippen LogP contribution in [0.15, 0.2) is 24.3 Å². The van der Waals surface area contributed by atoms with Gasteiger partial charge in [0.05, 0.1) is 21.6 Å². The van der Waals surface area contributed by atoms with E-state index in [0.29, 0.717) is 16.3 Å². The molecule has 0 unspecified atom stereocenters. The Bertz CT molecular complexity index is 793. The standard InChI is InChI=1S/C17H16FN3O2S/c1-3-4-14-20-10(2)16(24-14)15(22)13(9-19)17(23)21-12-7-5-11(18)6-8-12/h5-8,13H,3-4H2,1-2H3,(H,21,23)/t13-/m1/s1. The first-order valence-electron chi connectivity index (χ1n) is 7.42. The smallest absolute Gasteiger partial charge is 0.249 e. The van der Waals surface area contributed by atoms with Crippen molar-refractivity contribution >= 4 is 28.7 Å². The van der Waals surface area contributed by atoms with Gasteiger partial charge in [0.25, 0.3) is 0 Å². The SMILES string of the molecule is CCCc1nc(C)c(C(=O)[C@@H](C#N)C(=O)Nc2ccc(F)cc2)s1. The molecule has 1 atom stereocenters. The van der Waals surface area contributed by atoms with Crippen LogP contribution in [0.3, 0.4) is 0 Å². The van der Waals surface area contributed by atoms with E-state index < -0.39 is 23.4 Å². The fourth-order valence-corrected chi connectivity index (χ4v) is 3.25. The Balaban J connectivity index is 2.17. The van der Waals surface area contributed by atoms with Gasteiger partial charge in [0.15, 0.2) is 5.92 Å². The molecule has 1 amide bonds. The predicted molar refractivity (Wildman–Crippen MR) is 89.3 cm³/mol. The third-order valence-electron chi connectivity index (χ3n) is 3.29. The van der Waals surface area contributed by atoms with Gasteiger partial charge in [-0.25, -0.2) is 9.37 Å². The number of thiazole rings is 1. The molecule has 0 spiro atoms. The molecule has 0 saturated heterocycles. The number of nitrogens with zero attached hydrogens (tertiary/aromatic N) is 2. The molecule has 0 fully saturated rings. The zero-order valence-corrected chi connectivity index (χ0v) is 14.1. The molecule has 2 rings (SSSR count). The van der Waals surface area contributed by atoms with Crippen molar-refractivity contribution in [2.24, 2.45) is 5.92 Å². The molecule has 0 aliphatic carbocycles. The van der Waals surface area contributed by atoms with Gasteiger partial charge in [-0.1, -0.05) is 6.92 Å². The number of Topliss-reactive ketones (excluding diaryl/α,β-unsaturated/α-hetero) is 1. The lowest BCUT2D eigenvalue weighted by Gasteiger charge is -2.09. The first-order chi connectivity index (χ1) is 11.5. The summed E-state index contributed by atoms with van der Waals surface area (Å²) in [4.78, 5) is 29.4. The highest BCUT2D eigenvalue weighted by molar-refractivity contribution is 7.13. The molecule has 2 aromatic rings. The van der Waals surface area contributed by atoms with Gasteiger partial charge in [-0.2, -0.15) is 5.26 Å². The Morgan fingerprint density at radius 1 is 1.38 bits per heavy atom. The molecular formula is C17H16FN3O2S. The van der Waals surface area contributed by atoms with Crippen molar-refractivity contribution in [1.29, 1.82) is 5.26 Å². The van der Waals surface area contributed by atoms with E-state index in [1.807, 2.05) is 6.92 Å². The van der Waals surface area contributed by atoms with Crippen LogP contribution in [0.2, 0.25) is 0 Å². The van der Waals surface area contributed by atoms with Gasteiger partial charge in [0.2, 0.25) is 11.7 Å². The molecule has 0 saturated carbocycles. The van der Waals surface area contributed by atoms with E-state index in [0.717, 1.165) is 17.8 Å². The minimum Gasteiger partial charge on any atom is -0.325 e. The highest BCUT2D eigenvalue weighted by Crippen LogP contribution is 2.23. The molecular weight excluding hydrogens is 329 g/mol. The molecule has 1 heterocycles. The fourth-order valence-electron chi connectivity index (χ4n) is 2.12. The van der Waals surface area contributed by atoms with Gasteiger partial charge in [-0.15, -0.1) is 11.3 Å². The Kier molecular flexibility index (Phi) is 5.77. The normalized spacial score (nSPS) is 11.6. The number of halogens is 1. The molecule has 1 aromatic carbocycles. The van der Waals surface area contributed by atoms with E-state index in [2.05, 4.69) is 10.3 Å². The van der Waals surface area contributed by atoms with E-state index in [1.54, 1.807) is 13.0 Å². The number of aromatic nitrogens is 1. The van der Waals surface area contributed by atoms with Gasteiger partial charge in [0, 0.05) is 5.69 Å². The van der Waals surface area contributed by atoms with E-state index in [1.165, 1.54) is 35.6 Å². The minimum absolute atomic E-state index is 0.321. The quantitative estimate of drug-likeness (QED) is 0.641. The van der Waals surface area contributed by atoms with Crippen LogP contribution in [-0.2, 0) is 11.2 Å². The van der Waals surface area contributed by atoms with Crippen LogP contribution in [0, 0.1) is 30.0 Å². The Labute approximate surface area is 143 Å². The Hall–Kier alpha value is -2.59. The summed E-state index contributed by atoms with van der Waals surface area (Å²) in [7, 11) is 0. The summed E-state index contributed by atoms with van der Waals surface area (Å²) in [5.41, 5.74) is 0.852. The zero-order valence-electron chi connectivity index (χ0n) is 13.3. The van der Waals surface area contributed by atoms with Crippen molar-refractivity contribution in [3.05, 3.63) is 45.7 Å². The Morgan fingerprint density at radius 2 is 2.04 bits per heavy atom. The van der Waals surface area contributed by atoms with Gasteiger partial charge in [-0.3, -0.25) is 9.59 Å². The third-order valence-corrected chi connectivity index (χ3v) is 4.53. The van der Waals surface area contributed by atoms with Crippen molar-refractivity contribution in [2.45, 2.75) is 26.7 Å². The van der Waals surface area contributed by atoms with E-state index >= 15 is 0 Å². The van der Waals surface area contributed by atoms with Crippen LogP contribution < -0.4 is 5.32 Å². The van der Waals surface area contributed by atoms with E-state index in [-0.39, 0.29) is 0 Å². The van der Waals surface area contributed by atoms with Crippen molar-refractivity contribution in [2.75, 3.05) is 5.32 Å². The lowest BCUT2D eigenvalue weighted by Crippen LogP contribution is -2.28. The van der Waals surface area contributed by atoms with Crippen LogP contribution >= 0.6 is 11.3 Å². The number of aryl methyl sites for hydroxylation is 2. The zero-order chi connectivity index (χ0) is 17.7. The number of hydrogen-bond donors (Lipinski definition) is 1. The van der Waals surface area contributed by atoms with Crippen molar-refractivity contribution < 1.29 is 14.0 Å². The second-order valence-electron chi connectivity index (χ2n) is 5.19. The van der Waals surface area contributed by atoms with Crippen LogP contribution in [0.4, 0.5) is 10.1 Å². The van der Waals surface area contributed by atoms with Gasteiger partial charge >= 0.3 is 0 Å². The average Bonchev–Trinajstić information content (AvgIpc) is 2.91. The molecule has 7 heteroatoms. The second kappa shape index (κ2) is 7.79. The fraction of sp³-hybridized carbons (Fsp3) is 0.294. The Morgan fingerprint density at radius 3 is 2.62 bits per heavy atom. The summed E-state index contributed by atoms with van der Waals surface area (Å²) in [5, 5.41) is 12.5. The van der Waals surface area contributed by atoms with Crippen molar-refractivity contribution in [3.63, 3.8) is 0 Å². The number of anilines is 1. The van der Waals surface area contributed by atoms with E-state index in [4.69, 9.17) is 0 Å². The number of rotatable bonds is 6. The number of nitriles is 1. The lowest BCUT2D eigenvalue weighted by atomic mass is 10.0. The second-order valence-corrected chi connectivity index (χ2v) is 6.28. The van der Waals surface area contributed by atoms with E-state index in [9.17, 15) is 19.2 Å². The van der Waals surface area contributed by atoms with Gasteiger partial charge in [0.1, 0.15) is 5.82 Å². The highest BCUT2D eigenvalue weighted by atomic mass is 32.1. The largest absolute Gasteiger partial charge is 0.325 e. The number of amides is 1. The summed E-state index contributed by atoms with van der Waals surface area (Å²) in [5.74, 6) is -3.21. The first kappa shape index (κ1) is 17.8. The molecule has 0 aliphatic rings. The molecule has 124 valence electrons. The van der Waals surface area contributed by atoms with Crippen LogP contribution in [-0.4, -0.2) is 16.7 Å². The predicted octanol–water partition coefficient (Wildman–Crippen LogP) is 3.50. The maximum absolute atomic E-state index is 12.9. The molecule has 1 N–H and O–H groups in total. The monoisotopic (exact) mass is 345 g/mol. The molecule has 0 bridgehead atoms. The minimum atomic E-state index is -1.47. The summed E-state index contributed by atoms with van der Waals surface area (Å²) >= 11 is 1.22. The summed E-state index contributed by atoms with van der Waals surface area (Å²) in [6.07, 6.45) is 1.64. The number of nitrogens with one attached hydrogen (secondary N) is 1. The molecule has 0 aliphatic heterocycles. The highest BCUT2D eigenvalue weighted by Gasteiger charge is 2.30. The third kappa shape index (κ3) is 4.03. The summed E-state index contributed by atoms with van der Waals surface area (Å²) in [6, 6.07) is 6.84. The van der Waals surface area contributed by atoms with Crippen molar-refractivity contribution in [3.8, 4) is 6.07 Å².